The Morgan fingerprint density at radius 1 is 1.24 bits per heavy atom. The van der Waals surface area contributed by atoms with E-state index in [1.165, 1.54) is 0 Å². The molecule has 1 saturated carbocycles. The molecule has 3 rings (SSSR count). The molecule has 5 N–H and O–H groups in total. The number of ether oxygens (including phenoxy) is 1. The molecule has 0 bridgehead atoms. The molecular weight excluding hydrogens is 422 g/mol. The second kappa shape index (κ2) is 8.59. The Labute approximate surface area is 197 Å². The first-order chi connectivity index (χ1) is 15.2. The first-order valence-electron chi connectivity index (χ1n) is 12.2. The van der Waals surface area contributed by atoms with Crippen molar-refractivity contribution in [3.8, 4) is 0 Å². The predicted molar refractivity (Wildman–Crippen MR) is 125 cm³/mol. The van der Waals surface area contributed by atoms with Crippen molar-refractivity contribution in [1.29, 1.82) is 0 Å². The summed E-state index contributed by atoms with van der Waals surface area (Å²) >= 11 is 0. The zero-order valence-electron chi connectivity index (χ0n) is 20.9. The van der Waals surface area contributed by atoms with Crippen molar-refractivity contribution in [3.05, 3.63) is 23.3 Å². The van der Waals surface area contributed by atoms with Crippen LogP contribution in [0.5, 0.6) is 0 Å². The number of Topliss-reactive ketones (excluding diaryl/α,β-unsaturated/α-hetero) is 1. The molecule has 0 unspecified atom stereocenters. The standard InChI is InChI=1S/C26H41NO6/c1-7-8-9-18(27)22(30)33-24(6)12-16(3)26(32)19(23(24,4)5)11-17(14-28)13-25(31)20(26)10-15(2)21(25)29/h10-11,16,18-20,28,31-32H,7-9,12-14,27H2,1-6H3/t16-,18+,19+,20-,24-,25-,26-/m1/s1. The highest BCUT2D eigenvalue weighted by molar-refractivity contribution is 6.04. The molecule has 186 valence electrons. The maximum absolute atomic E-state index is 13.0. The van der Waals surface area contributed by atoms with Gasteiger partial charge in [0.1, 0.15) is 17.2 Å². The molecule has 3 aliphatic rings. The molecule has 0 radical (unpaired) electrons. The Hall–Kier alpha value is -1.54. The number of hydrogen-bond donors (Lipinski definition) is 4. The molecule has 3 aliphatic carbocycles. The van der Waals surface area contributed by atoms with Crippen LogP contribution in [0, 0.1) is 23.2 Å². The molecule has 0 saturated heterocycles. The van der Waals surface area contributed by atoms with Crippen molar-refractivity contribution in [2.75, 3.05) is 6.61 Å². The van der Waals surface area contributed by atoms with Gasteiger partial charge in [0.25, 0.3) is 0 Å². The van der Waals surface area contributed by atoms with E-state index in [0.29, 0.717) is 24.0 Å². The van der Waals surface area contributed by atoms with Crippen LogP contribution in [-0.2, 0) is 14.3 Å². The smallest absolute Gasteiger partial charge is 0.323 e. The van der Waals surface area contributed by atoms with E-state index in [1.807, 2.05) is 34.6 Å². The first-order valence-corrected chi connectivity index (χ1v) is 12.2. The van der Waals surface area contributed by atoms with Gasteiger partial charge in [-0.05, 0) is 43.8 Å². The van der Waals surface area contributed by atoms with E-state index < -0.39 is 57.8 Å². The van der Waals surface area contributed by atoms with Gasteiger partial charge in [-0.1, -0.05) is 52.7 Å². The lowest BCUT2D eigenvalue weighted by molar-refractivity contribution is -0.246. The van der Waals surface area contributed by atoms with Gasteiger partial charge in [-0.15, -0.1) is 0 Å². The van der Waals surface area contributed by atoms with Gasteiger partial charge in [0, 0.05) is 23.7 Å². The van der Waals surface area contributed by atoms with Gasteiger partial charge in [0.05, 0.1) is 12.2 Å². The number of ketones is 1. The Morgan fingerprint density at radius 3 is 2.45 bits per heavy atom. The summed E-state index contributed by atoms with van der Waals surface area (Å²) in [5.74, 6) is -2.70. The number of carbonyl (C=O) groups is 2. The lowest BCUT2D eigenvalue weighted by Gasteiger charge is -2.61. The quantitative estimate of drug-likeness (QED) is 0.351. The highest BCUT2D eigenvalue weighted by Crippen LogP contribution is 2.63. The summed E-state index contributed by atoms with van der Waals surface area (Å²) in [4.78, 5) is 25.9. The number of nitrogens with two attached hydrogens (primary N) is 1. The molecule has 0 heterocycles. The zero-order chi connectivity index (χ0) is 25.0. The molecule has 7 heteroatoms. The first kappa shape index (κ1) is 26.1. The molecule has 7 atom stereocenters. The number of fused-ring (bicyclic) bond motifs is 3. The summed E-state index contributed by atoms with van der Waals surface area (Å²) in [5.41, 5.74) is 2.00. The van der Waals surface area contributed by atoms with E-state index in [4.69, 9.17) is 10.5 Å². The SMILES string of the molecule is CCCC[C@H](N)C(=O)O[C@]1(C)C[C@@H](C)[C@@]2(O)[C@@H](C=C(CO)C[C@]3(O)C(=O)C(C)=C[C@@H]23)C1(C)C. The number of aliphatic hydroxyl groups is 3. The minimum Gasteiger partial charge on any atom is -0.458 e. The van der Waals surface area contributed by atoms with Crippen molar-refractivity contribution in [2.45, 2.75) is 96.5 Å². The van der Waals surface area contributed by atoms with Crippen LogP contribution in [0.1, 0.15) is 73.6 Å². The number of aliphatic hydroxyl groups excluding tert-OH is 1. The van der Waals surface area contributed by atoms with Gasteiger partial charge in [-0.25, -0.2) is 0 Å². The fourth-order valence-corrected chi connectivity index (χ4v) is 6.48. The molecule has 0 aromatic heterocycles. The van der Waals surface area contributed by atoms with Gasteiger partial charge >= 0.3 is 5.97 Å². The predicted octanol–water partition coefficient (Wildman–Crippen LogP) is 2.42. The molecule has 7 nitrogen and oxygen atoms in total. The third kappa shape index (κ3) is 3.81. The topological polar surface area (TPSA) is 130 Å². The van der Waals surface area contributed by atoms with Crippen molar-refractivity contribution in [3.63, 3.8) is 0 Å². The third-order valence-electron chi connectivity index (χ3n) is 8.90. The molecule has 0 amide bonds. The van der Waals surface area contributed by atoms with E-state index in [2.05, 4.69) is 0 Å². The number of rotatable bonds is 6. The van der Waals surface area contributed by atoms with Gasteiger partial charge in [-0.2, -0.15) is 0 Å². The van der Waals surface area contributed by atoms with Gasteiger partial charge in [0.15, 0.2) is 5.78 Å². The molecule has 0 aromatic rings. The summed E-state index contributed by atoms with van der Waals surface area (Å²) < 4.78 is 6.09. The zero-order valence-corrected chi connectivity index (χ0v) is 20.9. The summed E-state index contributed by atoms with van der Waals surface area (Å²) in [7, 11) is 0. The number of unbranched alkanes of at least 4 members (excludes halogenated alkanes) is 1. The third-order valence-corrected chi connectivity index (χ3v) is 8.90. The largest absolute Gasteiger partial charge is 0.458 e. The highest BCUT2D eigenvalue weighted by atomic mass is 16.6. The molecule has 0 aromatic carbocycles. The Bertz CT molecular complexity index is 878. The summed E-state index contributed by atoms with van der Waals surface area (Å²) in [6.07, 6.45) is 6.09. The fourth-order valence-electron chi connectivity index (χ4n) is 6.48. The van der Waals surface area contributed by atoms with Crippen molar-refractivity contribution >= 4 is 11.8 Å². The average Bonchev–Trinajstić information content (AvgIpc) is 2.90. The molecule has 0 spiro atoms. The van der Waals surface area contributed by atoms with Crippen LogP contribution < -0.4 is 5.73 Å². The van der Waals surface area contributed by atoms with Crippen LogP contribution in [0.4, 0.5) is 0 Å². The van der Waals surface area contributed by atoms with Crippen LogP contribution in [-0.4, -0.2) is 56.5 Å². The second-order valence-electron chi connectivity index (χ2n) is 11.3. The van der Waals surface area contributed by atoms with Crippen molar-refractivity contribution in [1.82, 2.24) is 0 Å². The minimum atomic E-state index is -1.81. The Kier molecular flexibility index (Phi) is 6.79. The lowest BCUT2D eigenvalue weighted by atomic mass is 9.48. The van der Waals surface area contributed by atoms with Crippen LogP contribution >= 0.6 is 0 Å². The summed E-state index contributed by atoms with van der Waals surface area (Å²) in [6.45, 7) is 11.0. The van der Waals surface area contributed by atoms with Crippen LogP contribution in [0.15, 0.2) is 23.3 Å². The van der Waals surface area contributed by atoms with Crippen LogP contribution in [0.3, 0.4) is 0 Å². The maximum Gasteiger partial charge on any atom is 0.323 e. The van der Waals surface area contributed by atoms with E-state index in [9.17, 15) is 24.9 Å². The van der Waals surface area contributed by atoms with E-state index in [0.717, 1.165) is 12.8 Å². The monoisotopic (exact) mass is 463 g/mol. The Balaban J connectivity index is 2.08. The van der Waals surface area contributed by atoms with E-state index >= 15 is 0 Å². The highest BCUT2D eigenvalue weighted by Gasteiger charge is 2.69. The number of hydrogen-bond acceptors (Lipinski definition) is 7. The number of esters is 1. The van der Waals surface area contributed by atoms with Gasteiger partial charge in [0.2, 0.25) is 0 Å². The van der Waals surface area contributed by atoms with Crippen molar-refractivity contribution < 1.29 is 29.6 Å². The van der Waals surface area contributed by atoms with Gasteiger partial charge in [-0.3, -0.25) is 9.59 Å². The fraction of sp³-hybridized carbons (Fsp3) is 0.769. The lowest BCUT2D eigenvalue weighted by Crippen LogP contribution is -2.69. The van der Waals surface area contributed by atoms with E-state index in [-0.39, 0.29) is 13.0 Å². The van der Waals surface area contributed by atoms with Crippen LogP contribution in [0.25, 0.3) is 0 Å². The second-order valence-corrected chi connectivity index (χ2v) is 11.3. The molecule has 0 aliphatic heterocycles. The average molecular weight is 464 g/mol. The maximum atomic E-state index is 13.0. The number of carbonyl (C=O) groups excluding carboxylic acids is 2. The molecular formula is C26H41NO6. The normalized spacial score (nSPS) is 40.8. The summed E-state index contributed by atoms with van der Waals surface area (Å²) in [5, 5.41) is 33.9. The molecule has 33 heavy (non-hydrogen) atoms. The summed E-state index contributed by atoms with van der Waals surface area (Å²) in [6, 6.07) is -0.713. The minimum absolute atomic E-state index is 0.0408. The Morgan fingerprint density at radius 2 is 1.88 bits per heavy atom. The van der Waals surface area contributed by atoms with Crippen LogP contribution in [0.2, 0.25) is 0 Å². The molecule has 1 fully saturated rings. The van der Waals surface area contributed by atoms with Gasteiger partial charge < -0.3 is 25.8 Å². The van der Waals surface area contributed by atoms with Crippen molar-refractivity contribution in [2.24, 2.45) is 28.9 Å². The van der Waals surface area contributed by atoms with E-state index in [1.54, 1.807) is 19.1 Å².